The van der Waals surface area contributed by atoms with Gasteiger partial charge in [-0.3, -0.25) is 4.98 Å². The highest BCUT2D eigenvalue weighted by Crippen LogP contribution is 2.33. The summed E-state index contributed by atoms with van der Waals surface area (Å²) in [6.07, 6.45) is 1.93. The van der Waals surface area contributed by atoms with Crippen LogP contribution in [0.5, 0.6) is 0 Å². The molecule has 7 aromatic rings. The molecule has 0 fully saturated rings. The molecule has 0 aliphatic rings. The average Bonchev–Trinajstić information content (AvgIpc) is 3.09. The molecular weight excluding hydrogens is 512 g/mol. The van der Waals surface area contributed by atoms with Gasteiger partial charge in [0.25, 0.3) is 0 Å². The van der Waals surface area contributed by atoms with Crippen LogP contribution in [0, 0.1) is 0 Å². The number of nitrogens with zero attached hydrogens (tertiary/aromatic N) is 4. The number of rotatable bonds is 6. The molecule has 0 aliphatic heterocycles. The second-order valence-electron chi connectivity index (χ2n) is 10.0. The predicted molar refractivity (Wildman–Crippen MR) is 170 cm³/mol. The molecular formula is C38H26N4. The lowest BCUT2D eigenvalue weighted by molar-refractivity contribution is 1.07. The van der Waals surface area contributed by atoms with E-state index in [1.54, 1.807) is 0 Å². The van der Waals surface area contributed by atoms with E-state index >= 15 is 0 Å². The van der Waals surface area contributed by atoms with Crippen LogP contribution in [0.1, 0.15) is 0 Å². The molecule has 0 saturated carbocycles. The number of benzene rings is 5. The zero-order valence-electron chi connectivity index (χ0n) is 22.8. The van der Waals surface area contributed by atoms with Gasteiger partial charge in [-0.1, -0.05) is 127 Å². The number of hydrogen-bond acceptors (Lipinski definition) is 4. The van der Waals surface area contributed by atoms with Crippen molar-refractivity contribution in [2.45, 2.75) is 0 Å². The number of pyridine rings is 1. The summed E-state index contributed by atoms with van der Waals surface area (Å²) in [5, 5.41) is 0. The Labute approximate surface area is 245 Å². The first-order chi connectivity index (χ1) is 20.8. The minimum absolute atomic E-state index is 0.614. The molecule has 198 valence electrons. The van der Waals surface area contributed by atoms with Gasteiger partial charge in [0.2, 0.25) is 0 Å². The summed E-state index contributed by atoms with van der Waals surface area (Å²) in [4.78, 5) is 19.7. The van der Waals surface area contributed by atoms with E-state index in [2.05, 4.69) is 66.7 Å². The molecule has 0 atom stereocenters. The monoisotopic (exact) mass is 538 g/mol. The number of aromatic nitrogens is 4. The minimum Gasteiger partial charge on any atom is -0.256 e. The van der Waals surface area contributed by atoms with Crippen LogP contribution in [0.25, 0.3) is 67.7 Å². The maximum Gasteiger partial charge on any atom is 0.164 e. The zero-order valence-corrected chi connectivity index (χ0v) is 22.8. The van der Waals surface area contributed by atoms with Gasteiger partial charge in [-0.15, -0.1) is 0 Å². The van der Waals surface area contributed by atoms with Crippen LogP contribution >= 0.6 is 0 Å². The lowest BCUT2D eigenvalue weighted by atomic mass is 9.97. The molecule has 0 aliphatic carbocycles. The van der Waals surface area contributed by atoms with Crippen LogP contribution in [0.3, 0.4) is 0 Å². The fourth-order valence-corrected chi connectivity index (χ4v) is 5.01. The summed E-state index contributed by atoms with van der Waals surface area (Å²) < 4.78 is 0. The second-order valence-corrected chi connectivity index (χ2v) is 10.0. The largest absolute Gasteiger partial charge is 0.256 e. The highest BCUT2D eigenvalue weighted by atomic mass is 15.0. The number of hydrogen-bond donors (Lipinski definition) is 0. The zero-order chi connectivity index (χ0) is 28.1. The Hall–Kier alpha value is -5.74. The normalized spacial score (nSPS) is 10.9. The molecule has 4 heteroatoms. The van der Waals surface area contributed by atoms with Gasteiger partial charge in [0, 0.05) is 34.0 Å². The third-order valence-electron chi connectivity index (χ3n) is 7.16. The Balaban J connectivity index is 1.39. The SMILES string of the molecule is c1ccc(-c2ccc(-c3cc(-c4ccccc4)cc(-c4nc(-c5ccccc5)nc(-c5ccccc5)n4)c3)nc2)cc1. The van der Waals surface area contributed by atoms with Gasteiger partial charge in [-0.25, -0.2) is 15.0 Å². The van der Waals surface area contributed by atoms with Crippen molar-refractivity contribution < 1.29 is 0 Å². The van der Waals surface area contributed by atoms with E-state index in [1.165, 1.54) is 0 Å². The second kappa shape index (κ2) is 11.4. The molecule has 0 radical (unpaired) electrons. The van der Waals surface area contributed by atoms with Crippen molar-refractivity contribution in [3.63, 3.8) is 0 Å². The molecule has 4 nitrogen and oxygen atoms in total. The molecule has 5 aromatic carbocycles. The van der Waals surface area contributed by atoms with Gasteiger partial charge in [-0.2, -0.15) is 0 Å². The van der Waals surface area contributed by atoms with E-state index in [9.17, 15) is 0 Å². The van der Waals surface area contributed by atoms with E-state index in [-0.39, 0.29) is 0 Å². The van der Waals surface area contributed by atoms with Gasteiger partial charge < -0.3 is 0 Å². The third-order valence-corrected chi connectivity index (χ3v) is 7.16. The highest BCUT2D eigenvalue weighted by molar-refractivity contribution is 5.80. The van der Waals surface area contributed by atoms with E-state index in [4.69, 9.17) is 19.9 Å². The molecule has 7 rings (SSSR count). The van der Waals surface area contributed by atoms with Crippen molar-refractivity contribution in [3.05, 3.63) is 158 Å². The highest BCUT2D eigenvalue weighted by Gasteiger charge is 2.15. The predicted octanol–water partition coefficient (Wildman–Crippen LogP) is 9.27. The van der Waals surface area contributed by atoms with Crippen LogP contribution in [-0.2, 0) is 0 Å². The third kappa shape index (κ3) is 5.34. The van der Waals surface area contributed by atoms with E-state index in [1.807, 2.05) is 91.1 Å². The van der Waals surface area contributed by atoms with Crippen molar-refractivity contribution >= 4 is 0 Å². The van der Waals surface area contributed by atoms with Crippen LogP contribution in [0.15, 0.2) is 158 Å². The summed E-state index contributed by atoms with van der Waals surface area (Å²) >= 11 is 0. The van der Waals surface area contributed by atoms with Crippen LogP contribution in [0.4, 0.5) is 0 Å². The van der Waals surface area contributed by atoms with Gasteiger partial charge >= 0.3 is 0 Å². The maximum absolute atomic E-state index is 4.98. The minimum atomic E-state index is 0.614. The lowest BCUT2D eigenvalue weighted by Gasteiger charge is -2.12. The Morgan fingerprint density at radius 2 is 0.690 bits per heavy atom. The summed E-state index contributed by atoms with van der Waals surface area (Å²) in [5.74, 6) is 1.88. The first-order valence-corrected chi connectivity index (χ1v) is 13.9. The molecule has 2 heterocycles. The summed E-state index contributed by atoms with van der Waals surface area (Å²) in [5.41, 5.74) is 9.06. The summed E-state index contributed by atoms with van der Waals surface area (Å²) in [6, 6.07) is 51.4. The average molecular weight is 539 g/mol. The quantitative estimate of drug-likeness (QED) is 0.212. The van der Waals surface area contributed by atoms with Gasteiger partial charge in [0.05, 0.1) is 5.69 Å². The smallest absolute Gasteiger partial charge is 0.164 e. The fraction of sp³-hybridized carbons (Fsp3) is 0. The van der Waals surface area contributed by atoms with Crippen molar-refractivity contribution in [2.24, 2.45) is 0 Å². The topological polar surface area (TPSA) is 51.6 Å². The molecule has 0 spiro atoms. The Morgan fingerprint density at radius 3 is 1.17 bits per heavy atom. The van der Waals surface area contributed by atoms with Crippen molar-refractivity contribution in [1.82, 2.24) is 19.9 Å². The standard InChI is InChI=1S/C38H26N4/c1-5-13-27(14-6-1)31-21-22-35(39-26-31)33-23-32(28-15-7-2-8-16-28)24-34(25-33)38-41-36(29-17-9-3-10-18-29)40-37(42-38)30-19-11-4-12-20-30/h1-26H. The van der Waals surface area contributed by atoms with Gasteiger partial charge in [0.15, 0.2) is 17.5 Å². The van der Waals surface area contributed by atoms with E-state index in [0.29, 0.717) is 17.5 Å². The van der Waals surface area contributed by atoms with Crippen molar-refractivity contribution in [1.29, 1.82) is 0 Å². The van der Waals surface area contributed by atoms with Crippen LogP contribution < -0.4 is 0 Å². The van der Waals surface area contributed by atoms with Crippen LogP contribution in [0.2, 0.25) is 0 Å². The molecule has 0 saturated heterocycles. The van der Waals surface area contributed by atoms with Gasteiger partial charge in [0.1, 0.15) is 0 Å². The van der Waals surface area contributed by atoms with Gasteiger partial charge in [-0.05, 0) is 41.0 Å². The Kier molecular flexibility index (Phi) is 6.85. The van der Waals surface area contributed by atoms with Crippen LogP contribution in [-0.4, -0.2) is 19.9 Å². The van der Waals surface area contributed by atoms with E-state index in [0.717, 1.165) is 50.2 Å². The van der Waals surface area contributed by atoms with Crippen molar-refractivity contribution in [3.8, 4) is 67.7 Å². The molecule has 0 amide bonds. The molecule has 0 N–H and O–H groups in total. The summed E-state index contributed by atoms with van der Waals surface area (Å²) in [6.45, 7) is 0. The lowest BCUT2D eigenvalue weighted by Crippen LogP contribution is -2.00. The fourth-order valence-electron chi connectivity index (χ4n) is 5.01. The molecule has 2 aromatic heterocycles. The first-order valence-electron chi connectivity index (χ1n) is 13.9. The Morgan fingerprint density at radius 1 is 0.286 bits per heavy atom. The van der Waals surface area contributed by atoms with E-state index < -0.39 is 0 Å². The maximum atomic E-state index is 4.98. The van der Waals surface area contributed by atoms with Crippen molar-refractivity contribution in [2.75, 3.05) is 0 Å². The molecule has 0 unspecified atom stereocenters. The molecule has 0 bridgehead atoms. The molecule has 42 heavy (non-hydrogen) atoms. The first kappa shape index (κ1) is 25.2. The summed E-state index contributed by atoms with van der Waals surface area (Å²) in [7, 11) is 0. The Bertz CT molecular complexity index is 1880.